The van der Waals surface area contributed by atoms with Gasteiger partial charge in [-0.15, -0.1) is 0 Å². The second-order valence-corrected chi connectivity index (χ2v) is 7.00. The molecule has 3 rings (SSSR count). The average Bonchev–Trinajstić information content (AvgIpc) is 3.08. The topological polar surface area (TPSA) is 26.3 Å². The standard InChI is InChI=1S/C17H26O2/c1-4-17(7-5-6-8-17)19-16(18)15-10-13-9-14(15)12(3)11(13)2/h5,7,11-15H,4,6,8-10H2,1-3H3. The predicted molar refractivity (Wildman–Crippen MR) is 75.5 cm³/mol. The first-order chi connectivity index (χ1) is 9.06. The monoisotopic (exact) mass is 262 g/mol. The zero-order chi connectivity index (χ0) is 13.6. The van der Waals surface area contributed by atoms with E-state index in [9.17, 15) is 4.79 Å². The second-order valence-electron chi connectivity index (χ2n) is 7.00. The van der Waals surface area contributed by atoms with Crippen molar-refractivity contribution in [3.63, 3.8) is 0 Å². The number of fused-ring (bicyclic) bond motifs is 2. The van der Waals surface area contributed by atoms with E-state index in [0.717, 1.165) is 37.5 Å². The van der Waals surface area contributed by atoms with E-state index >= 15 is 0 Å². The van der Waals surface area contributed by atoms with Gasteiger partial charge in [-0.1, -0.05) is 26.8 Å². The average molecular weight is 262 g/mol. The number of carbonyl (C=O) groups excluding carboxylic acids is 1. The fraction of sp³-hybridized carbons (Fsp3) is 0.824. The Balaban J connectivity index is 1.68. The number of carbonyl (C=O) groups is 1. The summed E-state index contributed by atoms with van der Waals surface area (Å²) in [5.74, 6) is 3.07. The molecule has 0 aliphatic heterocycles. The molecule has 0 spiro atoms. The van der Waals surface area contributed by atoms with E-state index in [-0.39, 0.29) is 17.5 Å². The molecule has 2 fully saturated rings. The Morgan fingerprint density at radius 1 is 1.32 bits per heavy atom. The van der Waals surface area contributed by atoms with Crippen LogP contribution in [-0.2, 0) is 9.53 Å². The molecule has 0 radical (unpaired) electrons. The maximum absolute atomic E-state index is 12.6. The zero-order valence-corrected chi connectivity index (χ0v) is 12.4. The van der Waals surface area contributed by atoms with Gasteiger partial charge in [-0.25, -0.2) is 0 Å². The van der Waals surface area contributed by atoms with Crippen LogP contribution in [0.3, 0.4) is 0 Å². The van der Waals surface area contributed by atoms with Gasteiger partial charge in [0.15, 0.2) is 0 Å². The maximum atomic E-state index is 12.6. The van der Waals surface area contributed by atoms with Gasteiger partial charge in [0.1, 0.15) is 5.60 Å². The maximum Gasteiger partial charge on any atom is 0.310 e. The van der Waals surface area contributed by atoms with E-state index < -0.39 is 0 Å². The van der Waals surface area contributed by atoms with Crippen molar-refractivity contribution >= 4 is 5.97 Å². The van der Waals surface area contributed by atoms with Gasteiger partial charge in [-0.05, 0) is 61.9 Å². The summed E-state index contributed by atoms with van der Waals surface area (Å²) < 4.78 is 5.94. The number of ether oxygens (including phenoxy) is 1. The largest absolute Gasteiger partial charge is 0.455 e. The lowest BCUT2D eigenvalue weighted by molar-refractivity contribution is -0.163. The Morgan fingerprint density at radius 2 is 2.11 bits per heavy atom. The molecule has 2 bridgehead atoms. The fourth-order valence-electron chi connectivity index (χ4n) is 4.65. The molecule has 0 N–H and O–H groups in total. The summed E-state index contributed by atoms with van der Waals surface area (Å²) >= 11 is 0. The smallest absolute Gasteiger partial charge is 0.310 e. The van der Waals surface area contributed by atoms with Crippen LogP contribution in [0.25, 0.3) is 0 Å². The number of allylic oxidation sites excluding steroid dienone is 1. The molecule has 0 aromatic rings. The summed E-state index contributed by atoms with van der Waals surface area (Å²) in [4.78, 5) is 12.6. The molecular weight excluding hydrogens is 236 g/mol. The Morgan fingerprint density at radius 3 is 2.63 bits per heavy atom. The lowest BCUT2D eigenvalue weighted by atomic mass is 9.75. The Kier molecular flexibility index (Phi) is 3.23. The summed E-state index contributed by atoms with van der Waals surface area (Å²) in [6.45, 7) is 6.79. The van der Waals surface area contributed by atoms with E-state index in [0.29, 0.717) is 11.8 Å². The highest BCUT2D eigenvalue weighted by Crippen LogP contribution is 2.55. The second kappa shape index (κ2) is 4.64. The molecule has 3 aliphatic rings. The van der Waals surface area contributed by atoms with Gasteiger partial charge < -0.3 is 4.74 Å². The van der Waals surface area contributed by atoms with Crippen LogP contribution < -0.4 is 0 Å². The third-order valence-corrected chi connectivity index (χ3v) is 6.26. The van der Waals surface area contributed by atoms with Crippen LogP contribution >= 0.6 is 0 Å². The lowest BCUT2D eigenvalue weighted by Crippen LogP contribution is -2.37. The third-order valence-electron chi connectivity index (χ3n) is 6.26. The molecule has 0 saturated heterocycles. The minimum Gasteiger partial charge on any atom is -0.455 e. The van der Waals surface area contributed by atoms with Crippen LogP contribution in [0, 0.1) is 29.6 Å². The van der Waals surface area contributed by atoms with Crippen molar-refractivity contribution in [2.45, 2.75) is 58.5 Å². The summed E-state index contributed by atoms with van der Waals surface area (Å²) in [6.07, 6.45) is 9.51. The molecule has 6 atom stereocenters. The van der Waals surface area contributed by atoms with E-state index in [1.54, 1.807) is 0 Å². The molecule has 106 valence electrons. The summed E-state index contributed by atoms with van der Waals surface area (Å²) in [5.41, 5.74) is -0.284. The molecule has 6 unspecified atom stereocenters. The summed E-state index contributed by atoms with van der Waals surface area (Å²) in [7, 11) is 0. The minimum atomic E-state index is -0.284. The van der Waals surface area contributed by atoms with Crippen molar-refractivity contribution in [3.8, 4) is 0 Å². The molecule has 2 nitrogen and oxygen atoms in total. The normalized spacial score (nSPS) is 47.8. The van der Waals surface area contributed by atoms with Crippen LogP contribution in [-0.4, -0.2) is 11.6 Å². The highest BCUT2D eigenvalue weighted by Gasteiger charge is 2.52. The Hall–Kier alpha value is -0.790. The quantitative estimate of drug-likeness (QED) is 0.568. The van der Waals surface area contributed by atoms with E-state index in [1.807, 2.05) is 0 Å². The van der Waals surface area contributed by atoms with Crippen molar-refractivity contribution in [1.82, 2.24) is 0 Å². The summed E-state index contributed by atoms with van der Waals surface area (Å²) in [6, 6.07) is 0. The van der Waals surface area contributed by atoms with Crippen molar-refractivity contribution < 1.29 is 9.53 Å². The Bertz CT molecular complexity index is 398. The fourth-order valence-corrected chi connectivity index (χ4v) is 4.65. The third kappa shape index (κ3) is 2.04. The zero-order valence-electron chi connectivity index (χ0n) is 12.4. The molecule has 2 heteroatoms. The van der Waals surface area contributed by atoms with Crippen molar-refractivity contribution in [2.24, 2.45) is 29.6 Å². The van der Waals surface area contributed by atoms with Crippen molar-refractivity contribution in [1.29, 1.82) is 0 Å². The van der Waals surface area contributed by atoms with Gasteiger partial charge >= 0.3 is 5.97 Å². The molecule has 3 aliphatic carbocycles. The Labute approximate surface area is 116 Å². The molecule has 0 aromatic heterocycles. The molecular formula is C17H26O2. The summed E-state index contributed by atoms with van der Waals surface area (Å²) in [5, 5.41) is 0. The molecule has 2 saturated carbocycles. The molecule has 0 aromatic carbocycles. The van der Waals surface area contributed by atoms with Crippen LogP contribution in [0.5, 0.6) is 0 Å². The molecule has 0 amide bonds. The number of hydrogen-bond donors (Lipinski definition) is 0. The van der Waals surface area contributed by atoms with Gasteiger partial charge in [0.25, 0.3) is 0 Å². The van der Waals surface area contributed by atoms with Crippen molar-refractivity contribution in [3.05, 3.63) is 12.2 Å². The highest BCUT2D eigenvalue weighted by molar-refractivity contribution is 5.74. The van der Waals surface area contributed by atoms with E-state index in [4.69, 9.17) is 4.74 Å². The molecule has 19 heavy (non-hydrogen) atoms. The number of hydrogen-bond acceptors (Lipinski definition) is 2. The van der Waals surface area contributed by atoms with Gasteiger partial charge in [0.05, 0.1) is 5.92 Å². The molecule has 0 heterocycles. The van der Waals surface area contributed by atoms with Gasteiger partial charge in [-0.3, -0.25) is 4.79 Å². The van der Waals surface area contributed by atoms with Gasteiger partial charge in [0.2, 0.25) is 0 Å². The van der Waals surface area contributed by atoms with Crippen LogP contribution in [0.2, 0.25) is 0 Å². The lowest BCUT2D eigenvalue weighted by Gasteiger charge is -2.33. The van der Waals surface area contributed by atoms with Crippen molar-refractivity contribution in [2.75, 3.05) is 0 Å². The van der Waals surface area contributed by atoms with Crippen LogP contribution in [0.15, 0.2) is 12.2 Å². The SMILES string of the molecule is CCC1(OC(=O)C2CC3CC2C(C)C3C)C=CCC1. The van der Waals surface area contributed by atoms with E-state index in [1.165, 1.54) is 6.42 Å². The van der Waals surface area contributed by atoms with E-state index in [2.05, 4.69) is 32.9 Å². The first kappa shape index (κ1) is 13.2. The first-order valence-corrected chi connectivity index (χ1v) is 7.97. The van der Waals surface area contributed by atoms with Crippen LogP contribution in [0.4, 0.5) is 0 Å². The highest BCUT2D eigenvalue weighted by atomic mass is 16.6. The predicted octanol–water partition coefficient (Wildman–Crippen LogP) is 3.96. The first-order valence-electron chi connectivity index (χ1n) is 7.97. The van der Waals surface area contributed by atoms with Gasteiger partial charge in [0, 0.05) is 0 Å². The van der Waals surface area contributed by atoms with Gasteiger partial charge in [-0.2, -0.15) is 0 Å². The minimum absolute atomic E-state index is 0.0830. The number of rotatable bonds is 3. The van der Waals surface area contributed by atoms with Crippen LogP contribution in [0.1, 0.15) is 52.9 Å². The number of esters is 1.